The number of ether oxygens (including phenoxy) is 1. The van der Waals surface area contributed by atoms with Crippen LogP contribution < -0.4 is 4.74 Å². The van der Waals surface area contributed by atoms with Gasteiger partial charge in [0.1, 0.15) is 11.8 Å². The zero-order valence-electron chi connectivity index (χ0n) is 9.88. The van der Waals surface area contributed by atoms with Gasteiger partial charge < -0.3 is 4.74 Å². The average Bonchev–Trinajstić information content (AvgIpc) is 2.28. The van der Waals surface area contributed by atoms with Gasteiger partial charge in [0, 0.05) is 5.33 Å². The molecule has 0 heterocycles. The Morgan fingerprint density at radius 2 is 1.94 bits per heavy atom. The largest absolute Gasteiger partial charge is 0.475 e. The van der Waals surface area contributed by atoms with E-state index >= 15 is 0 Å². The van der Waals surface area contributed by atoms with Crippen LogP contribution in [-0.2, 0) is 5.33 Å². The predicted molar refractivity (Wildman–Crippen MR) is 68.9 cm³/mol. The summed E-state index contributed by atoms with van der Waals surface area (Å²) in [6, 6.07) is 6.32. The number of halogens is 1. The summed E-state index contributed by atoms with van der Waals surface area (Å²) in [5.41, 5.74) is 3.40. The van der Waals surface area contributed by atoms with E-state index in [1.54, 1.807) is 0 Å². The van der Waals surface area contributed by atoms with Crippen LogP contribution in [-0.4, -0.2) is 6.10 Å². The molecule has 0 bridgehead atoms. The summed E-state index contributed by atoms with van der Waals surface area (Å²) in [5, 5.41) is 9.73. The summed E-state index contributed by atoms with van der Waals surface area (Å²) in [6.07, 6.45) is 0.350. The SMILES string of the molecule is CCC(C#N)Oc1c(C)cc(CBr)cc1C. The maximum atomic E-state index is 8.89. The highest BCUT2D eigenvalue weighted by atomic mass is 79.9. The topological polar surface area (TPSA) is 33.0 Å². The fraction of sp³-hybridized carbons (Fsp3) is 0.462. The molecule has 16 heavy (non-hydrogen) atoms. The van der Waals surface area contributed by atoms with Crippen molar-refractivity contribution in [1.29, 1.82) is 5.26 Å². The fourth-order valence-electron chi connectivity index (χ4n) is 1.65. The molecule has 2 nitrogen and oxygen atoms in total. The molecule has 0 saturated carbocycles. The Labute approximate surface area is 105 Å². The van der Waals surface area contributed by atoms with Gasteiger partial charge in [-0.05, 0) is 37.0 Å². The van der Waals surface area contributed by atoms with Gasteiger partial charge in [0.2, 0.25) is 0 Å². The second-order valence-corrected chi connectivity index (χ2v) is 4.40. The van der Waals surface area contributed by atoms with Crippen molar-refractivity contribution in [2.75, 3.05) is 0 Å². The van der Waals surface area contributed by atoms with E-state index in [0.717, 1.165) is 22.2 Å². The molecule has 1 aromatic carbocycles. The maximum Gasteiger partial charge on any atom is 0.184 e. The molecule has 3 heteroatoms. The minimum Gasteiger partial charge on any atom is -0.475 e. The quantitative estimate of drug-likeness (QED) is 0.785. The fourth-order valence-corrected chi connectivity index (χ4v) is 1.97. The van der Waals surface area contributed by atoms with Gasteiger partial charge in [0.15, 0.2) is 6.10 Å². The molecule has 0 amide bonds. The first kappa shape index (κ1) is 13.1. The lowest BCUT2D eigenvalue weighted by Gasteiger charge is -2.16. The molecule has 0 fully saturated rings. The Morgan fingerprint density at radius 1 is 1.38 bits per heavy atom. The third-order valence-corrected chi connectivity index (χ3v) is 3.10. The van der Waals surface area contributed by atoms with Gasteiger partial charge in [-0.1, -0.05) is 35.0 Å². The molecule has 0 spiro atoms. The summed E-state index contributed by atoms with van der Waals surface area (Å²) >= 11 is 3.44. The molecule has 0 saturated heterocycles. The van der Waals surface area contributed by atoms with Crippen molar-refractivity contribution >= 4 is 15.9 Å². The molecule has 1 unspecified atom stereocenters. The normalized spacial score (nSPS) is 11.9. The summed E-state index contributed by atoms with van der Waals surface area (Å²) < 4.78 is 5.70. The Hall–Kier alpha value is -1.01. The molecule has 0 N–H and O–H groups in total. The second-order valence-electron chi connectivity index (χ2n) is 3.84. The third kappa shape index (κ3) is 2.99. The van der Waals surface area contributed by atoms with Crippen LogP contribution in [0.5, 0.6) is 5.75 Å². The Morgan fingerprint density at radius 3 is 2.31 bits per heavy atom. The Bertz CT molecular complexity index is 386. The third-order valence-electron chi connectivity index (χ3n) is 2.45. The van der Waals surface area contributed by atoms with Gasteiger partial charge >= 0.3 is 0 Å². The molecule has 0 aliphatic heterocycles. The minimum absolute atomic E-state index is 0.354. The molecule has 0 aliphatic carbocycles. The van der Waals surface area contributed by atoms with E-state index in [-0.39, 0.29) is 6.10 Å². The molecule has 0 radical (unpaired) electrons. The lowest BCUT2D eigenvalue weighted by molar-refractivity contribution is 0.248. The van der Waals surface area contributed by atoms with Gasteiger partial charge in [-0.3, -0.25) is 0 Å². The summed E-state index contributed by atoms with van der Waals surface area (Å²) in [6.45, 7) is 5.97. The van der Waals surface area contributed by atoms with Crippen molar-refractivity contribution in [2.45, 2.75) is 38.6 Å². The van der Waals surface area contributed by atoms with E-state index in [9.17, 15) is 0 Å². The zero-order chi connectivity index (χ0) is 12.1. The molecule has 1 atom stereocenters. The van der Waals surface area contributed by atoms with Crippen molar-refractivity contribution in [3.63, 3.8) is 0 Å². The number of alkyl halides is 1. The van der Waals surface area contributed by atoms with Gasteiger partial charge in [-0.15, -0.1) is 0 Å². The number of benzene rings is 1. The van der Waals surface area contributed by atoms with Crippen molar-refractivity contribution in [3.05, 3.63) is 28.8 Å². The van der Waals surface area contributed by atoms with E-state index < -0.39 is 0 Å². The number of aryl methyl sites for hydroxylation is 2. The highest BCUT2D eigenvalue weighted by molar-refractivity contribution is 9.08. The number of nitriles is 1. The van der Waals surface area contributed by atoms with Crippen LogP contribution in [0.3, 0.4) is 0 Å². The standard InChI is InChI=1S/C13H16BrNO/c1-4-12(8-15)16-13-9(2)5-11(7-14)6-10(13)3/h5-6,12H,4,7H2,1-3H3. The van der Waals surface area contributed by atoms with E-state index in [2.05, 4.69) is 34.1 Å². The first-order valence-corrected chi connectivity index (χ1v) is 6.46. The Balaban J connectivity index is 3.01. The molecule has 0 aromatic heterocycles. The summed E-state index contributed by atoms with van der Waals surface area (Å²) in [4.78, 5) is 0. The molecular weight excluding hydrogens is 266 g/mol. The summed E-state index contributed by atoms with van der Waals surface area (Å²) in [5.74, 6) is 0.845. The second kappa shape index (κ2) is 5.91. The Kier molecular flexibility index (Phi) is 4.82. The number of nitrogens with zero attached hydrogens (tertiary/aromatic N) is 1. The molecule has 1 aromatic rings. The van der Waals surface area contributed by atoms with Crippen LogP contribution in [0.15, 0.2) is 12.1 Å². The summed E-state index contributed by atoms with van der Waals surface area (Å²) in [7, 11) is 0. The smallest absolute Gasteiger partial charge is 0.184 e. The van der Waals surface area contributed by atoms with E-state index in [1.165, 1.54) is 5.56 Å². The molecular formula is C13H16BrNO. The minimum atomic E-state index is -0.354. The highest BCUT2D eigenvalue weighted by Gasteiger charge is 2.11. The molecule has 86 valence electrons. The average molecular weight is 282 g/mol. The molecule has 1 rings (SSSR count). The van der Waals surface area contributed by atoms with Crippen LogP contribution in [0.1, 0.15) is 30.0 Å². The predicted octanol–water partition coefficient (Wildman–Crippen LogP) is 3.88. The van der Waals surface area contributed by atoms with Crippen LogP contribution in [0.2, 0.25) is 0 Å². The first-order chi connectivity index (χ1) is 7.62. The van der Waals surface area contributed by atoms with Crippen molar-refractivity contribution in [2.24, 2.45) is 0 Å². The van der Waals surface area contributed by atoms with E-state index in [4.69, 9.17) is 10.00 Å². The maximum absolute atomic E-state index is 8.89. The highest BCUT2D eigenvalue weighted by Crippen LogP contribution is 2.27. The van der Waals surface area contributed by atoms with Gasteiger partial charge in [-0.25, -0.2) is 0 Å². The van der Waals surface area contributed by atoms with Gasteiger partial charge in [0.25, 0.3) is 0 Å². The van der Waals surface area contributed by atoms with Crippen molar-refractivity contribution in [3.8, 4) is 11.8 Å². The molecule has 0 aliphatic rings. The van der Waals surface area contributed by atoms with E-state index in [0.29, 0.717) is 6.42 Å². The lowest BCUT2D eigenvalue weighted by atomic mass is 10.1. The van der Waals surface area contributed by atoms with E-state index in [1.807, 2.05) is 20.8 Å². The number of hydrogen-bond donors (Lipinski definition) is 0. The lowest BCUT2D eigenvalue weighted by Crippen LogP contribution is -2.13. The zero-order valence-corrected chi connectivity index (χ0v) is 11.5. The number of rotatable bonds is 4. The van der Waals surface area contributed by atoms with Crippen LogP contribution in [0.25, 0.3) is 0 Å². The van der Waals surface area contributed by atoms with Crippen LogP contribution in [0.4, 0.5) is 0 Å². The van der Waals surface area contributed by atoms with Crippen molar-refractivity contribution in [1.82, 2.24) is 0 Å². The van der Waals surface area contributed by atoms with Gasteiger partial charge in [0.05, 0.1) is 0 Å². The van der Waals surface area contributed by atoms with Gasteiger partial charge in [-0.2, -0.15) is 5.26 Å². The monoisotopic (exact) mass is 281 g/mol. The number of hydrogen-bond acceptors (Lipinski definition) is 2. The van der Waals surface area contributed by atoms with Crippen molar-refractivity contribution < 1.29 is 4.74 Å². The van der Waals surface area contributed by atoms with Crippen LogP contribution >= 0.6 is 15.9 Å². The van der Waals surface area contributed by atoms with Crippen LogP contribution in [0, 0.1) is 25.2 Å². The first-order valence-electron chi connectivity index (χ1n) is 5.34.